The lowest BCUT2D eigenvalue weighted by Gasteiger charge is -2.26. The van der Waals surface area contributed by atoms with Gasteiger partial charge in [-0.15, -0.1) is 0 Å². The number of likely N-dealkylation sites (N-methyl/N-ethyl adjacent to an activating group) is 1. The van der Waals surface area contributed by atoms with Gasteiger partial charge in [0.25, 0.3) is 0 Å². The molecule has 0 aromatic carbocycles. The average molecular weight is 279 g/mol. The summed E-state index contributed by atoms with van der Waals surface area (Å²) < 4.78 is 5.48. The molecule has 1 aromatic rings. The predicted octanol–water partition coefficient (Wildman–Crippen LogP) is 3.85. The van der Waals surface area contributed by atoms with Crippen LogP contribution in [0.2, 0.25) is 0 Å². The Morgan fingerprint density at radius 1 is 1.25 bits per heavy atom. The van der Waals surface area contributed by atoms with Crippen molar-refractivity contribution >= 4 is 0 Å². The van der Waals surface area contributed by atoms with E-state index in [4.69, 9.17) is 4.52 Å². The number of rotatable bonds is 6. The van der Waals surface area contributed by atoms with Gasteiger partial charge in [0.15, 0.2) is 5.82 Å². The quantitative estimate of drug-likeness (QED) is 0.859. The van der Waals surface area contributed by atoms with E-state index in [1.54, 1.807) is 0 Å². The normalized spacial score (nSPS) is 26.4. The summed E-state index contributed by atoms with van der Waals surface area (Å²) in [6, 6.07) is 0.351. The van der Waals surface area contributed by atoms with Gasteiger partial charge in [-0.2, -0.15) is 4.98 Å². The molecule has 1 saturated carbocycles. The van der Waals surface area contributed by atoms with Gasteiger partial charge in [-0.05, 0) is 45.6 Å². The van der Waals surface area contributed by atoms with E-state index in [0.29, 0.717) is 12.0 Å². The zero-order valence-electron chi connectivity index (χ0n) is 13.4. The fourth-order valence-electron chi connectivity index (χ4n) is 3.18. The van der Waals surface area contributed by atoms with E-state index in [9.17, 15) is 0 Å². The Balaban J connectivity index is 1.93. The molecule has 0 bridgehead atoms. The van der Waals surface area contributed by atoms with Gasteiger partial charge in [-0.25, -0.2) is 0 Å². The molecule has 2 unspecified atom stereocenters. The van der Waals surface area contributed by atoms with Crippen LogP contribution in [-0.4, -0.2) is 23.2 Å². The van der Waals surface area contributed by atoms with Gasteiger partial charge in [0, 0.05) is 12.0 Å². The van der Waals surface area contributed by atoms with Crippen molar-refractivity contribution in [2.75, 3.05) is 7.05 Å². The lowest BCUT2D eigenvalue weighted by atomic mass is 9.80. The second-order valence-corrected chi connectivity index (χ2v) is 6.36. The van der Waals surface area contributed by atoms with Crippen molar-refractivity contribution in [2.24, 2.45) is 5.92 Å². The highest BCUT2D eigenvalue weighted by Crippen LogP contribution is 2.36. The summed E-state index contributed by atoms with van der Waals surface area (Å²) in [6.45, 7) is 6.56. The monoisotopic (exact) mass is 279 g/mol. The summed E-state index contributed by atoms with van der Waals surface area (Å²) >= 11 is 0. The van der Waals surface area contributed by atoms with E-state index in [1.807, 2.05) is 7.05 Å². The second-order valence-electron chi connectivity index (χ2n) is 6.36. The molecule has 0 spiro atoms. The van der Waals surface area contributed by atoms with Crippen LogP contribution in [0.1, 0.15) is 82.8 Å². The molecular formula is C16H29N3O. The number of aromatic nitrogens is 2. The van der Waals surface area contributed by atoms with Crippen molar-refractivity contribution in [1.82, 2.24) is 15.5 Å². The lowest BCUT2D eigenvalue weighted by Crippen LogP contribution is -2.27. The lowest BCUT2D eigenvalue weighted by molar-refractivity contribution is 0.292. The number of nitrogens with one attached hydrogen (secondary N) is 1. The van der Waals surface area contributed by atoms with Gasteiger partial charge in [-0.1, -0.05) is 31.8 Å². The van der Waals surface area contributed by atoms with Crippen molar-refractivity contribution in [3.05, 3.63) is 11.7 Å². The van der Waals surface area contributed by atoms with Gasteiger partial charge in [0.1, 0.15) is 0 Å². The topological polar surface area (TPSA) is 51.0 Å². The summed E-state index contributed by atoms with van der Waals surface area (Å²) in [5.41, 5.74) is 0. The summed E-state index contributed by atoms with van der Waals surface area (Å²) in [7, 11) is 1.97. The van der Waals surface area contributed by atoms with Crippen LogP contribution in [0.5, 0.6) is 0 Å². The SMILES string of the molecule is CCCC1CCC(c2noc(C(C)C(C)NC)n2)CC1. The molecule has 1 aliphatic rings. The zero-order chi connectivity index (χ0) is 14.5. The fourth-order valence-corrected chi connectivity index (χ4v) is 3.18. The Bertz CT molecular complexity index is 396. The van der Waals surface area contributed by atoms with Gasteiger partial charge >= 0.3 is 0 Å². The molecule has 114 valence electrons. The molecule has 0 aliphatic heterocycles. The van der Waals surface area contributed by atoms with E-state index in [1.165, 1.54) is 38.5 Å². The van der Waals surface area contributed by atoms with E-state index >= 15 is 0 Å². The number of hydrogen-bond acceptors (Lipinski definition) is 4. The predicted molar refractivity (Wildman–Crippen MR) is 80.8 cm³/mol. The summed E-state index contributed by atoms with van der Waals surface area (Å²) in [5, 5.41) is 7.48. The molecule has 1 aromatic heterocycles. The van der Waals surface area contributed by atoms with Crippen molar-refractivity contribution in [1.29, 1.82) is 0 Å². The maximum absolute atomic E-state index is 5.48. The molecule has 0 radical (unpaired) electrons. The minimum atomic E-state index is 0.262. The first-order chi connectivity index (χ1) is 9.65. The van der Waals surface area contributed by atoms with E-state index in [0.717, 1.165) is 17.6 Å². The van der Waals surface area contributed by atoms with E-state index < -0.39 is 0 Å². The summed E-state index contributed by atoms with van der Waals surface area (Å²) in [6.07, 6.45) is 7.77. The van der Waals surface area contributed by atoms with Crippen LogP contribution in [0.15, 0.2) is 4.52 Å². The molecule has 1 heterocycles. The highest BCUT2D eigenvalue weighted by atomic mass is 16.5. The minimum absolute atomic E-state index is 0.262. The average Bonchev–Trinajstić information content (AvgIpc) is 2.96. The summed E-state index contributed by atoms with van der Waals surface area (Å²) in [5.74, 6) is 3.41. The largest absolute Gasteiger partial charge is 0.339 e. The number of nitrogens with zero attached hydrogens (tertiary/aromatic N) is 2. The number of hydrogen-bond donors (Lipinski definition) is 1. The van der Waals surface area contributed by atoms with E-state index in [-0.39, 0.29) is 5.92 Å². The van der Waals surface area contributed by atoms with Crippen LogP contribution < -0.4 is 5.32 Å². The molecule has 0 saturated heterocycles. The first-order valence-corrected chi connectivity index (χ1v) is 8.16. The van der Waals surface area contributed by atoms with Crippen LogP contribution in [0.4, 0.5) is 0 Å². The zero-order valence-corrected chi connectivity index (χ0v) is 13.4. The van der Waals surface area contributed by atoms with Crippen LogP contribution in [0.25, 0.3) is 0 Å². The summed E-state index contributed by atoms with van der Waals surface area (Å²) in [4.78, 5) is 4.66. The molecule has 2 rings (SSSR count). The Morgan fingerprint density at radius 3 is 2.55 bits per heavy atom. The van der Waals surface area contributed by atoms with Gasteiger partial charge < -0.3 is 9.84 Å². The first-order valence-electron chi connectivity index (χ1n) is 8.16. The Kier molecular flexibility index (Phi) is 5.58. The molecule has 0 amide bonds. The second kappa shape index (κ2) is 7.21. The van der Waals surface area contributed by atoms with Crippen molar-refractivity contribution in [3.63, 3.8) is 0 Å². The molecule has 4 heteroatoms. The molecule has 4 nitrogen and oxygen atoms in total. The minimum Gasteiger partial charge on any atom is -0.339 e. The van der Waals surface area contributed by atoms with Crippen molar-refractivity contribution in [3.8, 4) is 0 Å². The highest BCUT2D eigenvalue weighted by molar-refractivity contribution is 5.01. The molecule has 20 heavy (non-hydrogen) atoms. The standard InChI is InChI=1S/C16H29N3O/c1-5-6-13-7-9-14(10-8-13)15-18-16(20-19-15)11(2)12(3)17-4/h11-14,17H,5-10H2,1-4H3. The molecule has 1 aliphatic carbocycles. The third-order valence-electron chi connectivity index (χ3n) is 4.96. The highest BCUT2D eigenvalue weighted by Gasteiger charge is 2.27. The van der Waals surface area contributed by atoms with Gasteiger partial charge in [0.05, 0.1) is 5.92 Å². The van der Waals surface area contributed by atoms with Crippen LogP contribution in [-0.2, 0) is 0 Å². The molecule has 1 N–H and O–H groups in total. The van der Waals surface area contributed by atoms with Crippen molar-refractivity contribution in [2.45, 2.75) is 77.2 Å². The van der Waals surface area contributed by atoms with Gasteiger partial charge in [-0.3, -0.25) is 0 Å². The maximum atomic E-state index is 5.48. The maximum Gasteiger partial charge on any atom is 0.231 e. The molecular weight excluding hydrogens is 250 g/mol. The van der Waals surface area contributed by atoms with Crippen molar-refractivity contribution < 1.29 is 4.52 Å². The molecule has 2 atom stereocenters. The van der Waals surface area contributed by atoms with E-state index in [2.05, 4.69) is 36.2 Å². The third-order valence-corrected chi connectivity index (χ3v) is 4.96. The Hall–Kier alpha value is -0.900. The van der Waals surface area contributed by atoms with Crippen LogP contribution in [0, 0.1) is 5.92 Å². The fraction of sp³-hybridized carbons (Fsp3) is 0.875. The smallest absolute Gasteiger partial charge is 0.231 e. The molecule has 1 fully saturated rings. The first kappa shape index (κ1) is 15.5. The Labute approximate surface area is 122 Å². The van der Waals surface area contributed by atoms with Crippen LogP contribution in [0.3, 0.4) is 0 Å². The van der Waals surface area contributed by atoms with Crippen LogP contribution >= 0.6 is 0 Å². The Morgan fingerprint density at radius 2 is 1.95 bits per heavy atom. The van der Waals surface area contributed by atoms with Gasteiger partial charge in [0.2, 0.25) is 5.89 Å². The third kappa shape index (κ3) is 3.60.